The van der Waals surface area contributed by atoms with Crippen molar-refractivity contribution in [2.75, 3.05) is 18.7 Å². The van der Waals surface area contributed by atoms with Crippen molar-refractivity contribution in [3.8, 4) is 5.75 Å². The van der Waals surface area contributed by atoms with E-state index in [1.54, 1.807) is 37.3 Å². The first-order valence-corrected chi connectivity index (χ1v) is 15.6. The highest BCUT2D eigenvalue weighted by Gasteiger charge is 2.41. The largest absolute Gasteiger partial charge is 0.481 e. The van der Waals surface area contributed by atoms with Gasteiger partial charge in [0.2, 0.25) is 0 Å². The summed E-state index contributed by atoms with van der Waals surface area (Å²) in [7, 11) is -3.83. The van der Waals surface area contributed by atoms with Crippen LogP contribution in [0.2, 0.25) is 0 Å². The van der Waals surface area contributed by atoms with E-state index < -0.39 is 80.6 Å². The van der Waals surface area contributed by atoms with Crippen LogP contribution in [0.25, 0.3) is 11.2 Å². The standard InChI is InChI=1S/C21H24FN6O6P.C6H8O7.2H2S/c1-3-31-21(29)13(2)27-35(30,34-14-7-5-4-6-8-14)12-32-16-9-15(22)20(33-16)28-11-26-17-18(23)24-10-25-19(17)28;7-3(8)1-6(13,5(11)12)2-4(9)10;;/h4-11,13,16,20H,3,12H2,1-2H3,(H,27,30)(H2,23,24,25);13H,1-2H2,(H,7,8)(H,9,10)(H,11,12);2*1H2/t13-,16-,20+,35-;;;/m0.../s1. The lowest BCUT2D eigenvalue weighted by molar-refractivity contribution is -0.170. The maximum Gasteiger partial charge on any atom is 0.342 e. The van der Waals surface area contributed by atoms with Gasteiger partial charge in [0.15, 0.2) is 41.8 Å². The topological polar surface area (TPSA) is 285 Å². The highest BCUT2D eigenvalue weighted by atomic mass is 32.1. The average Bonchev–Trinajstić information content (AvgIpc) is 3.60. The van der Waals surface area contributed by atoms with Gasteiger partial charge < -0.3 is 44.9 Å². The molecular formula is C27H36FN6O13PS2. The molecule has 1 aliphatic heterocycles. The minimum atomic E-state index is -3.83. The molecule has 7 N–H and O–H groups in total. The quantitative estimate of drug-likeness (QED) is 0.0951. The van der Waals surface area contributed by atoms with Crippen LogP contribution < -0.4 is 15.3 Å². The van der Waals surface area contributed by atoms with Crippen molar-refractivity contribution in [1.29, 1.82) is 0 Å². The Morgan fingerprint density at radius 1 is 1.10 bits per heavy atom. The number of carbonyl (C=O) groups excluding carboxylic acids is 1. The molecule has 0 saturated heterocycles. The number of aromatic nitrogens is 4. The number of nitrogens with one attached hydrogen (secondary N) is 1. The number of nitrogens with two attached hydrogens (primary N) is 1. The number of ether oxygens (including phenoxy) is 3. The van der Waals surface area contributed by atoms with Gasteiger partial charge in [0.1, 0.15) is 23.6 Å². The molecule has 276 valence electrons. The third-order valence-corrected chi connectivity index (χ3v) is 7.93. The number of nitrogen functional groups attached to an aromatic ring is 1. The fraction of sp³-hybridized carbons (Fsp3) is 0.370. The zero-order chi connectivity index (χ0) is 35.6. The number of aliphatic carboxylic acids is 3. The zero-order valence-corrected chi connectivity index (χ0v) is 29.2. The third kappa shape index (κ3) is 11.9. The van der Waals surface area contributed by atoms with Crippen molar-refractivity contribution in [2.24, 2.45) is 0 Å². The van der Waals surface area contributed by atoms with Gasteiger partial charge in [-0.1, -0.05) is 18.2 Å². The lowest BCUT2D eigenvalue weighted by Gasteiger charge is -2.24. The summed E-state index contributed by atoms with van der Waals surface area (Å²) in [6.45, 7) is 3.30. The molecule has 0 bridgehead atoms. The minimum Gasteiger partial charge on any atom is -0.481 e. The van der Waals surface area contributed by atoms with Gasteiger partial charge in [0, 0.05) is 6.08 Å². The third-order valence-electron chi connectivity index (χ3n) is 6.15. The molecule has 4 atom stereocenters. The summed E-state index contributed by atoms with van der Waals surface area (Å²) < 4.78 is 51.5. The number of anilines is 1. The van der Waals surface area contributed by atoms with Crippen LogP contribution >= 0.6 is 34.5 Å². The van der Waals surface area contributed by atoms with Crippen LogP contribution in [0.15, 0.2) is 54.9 Å². The van der Waals surface area contributed by atoms with E-state index in [2.05, 4.69) is 20.0 Å². The number of carboxylic acids is 3. The molecule has 0 fully saturated rings. The molecule has 0 spiro atoms. The number of fused-ring (bicyclic) bond motifs is 1. The summed E-state index contributed by atoms with van der Waals surface area (Å²) in [6, 6.07) is 7.40. The molecular weight excluding hydrogens is 730 g/mol. The first-order chi connectivity index (χ1) is 22.6. The number of imidazole rings is 1. The van der Waals surface area contributed by atoms with Crippen molar-refractivity contribution >= 4 is 75.4 Å². The molecule has 0 saturated carbocycles. The fourth-order valence-corrected chi connectivity index (χ4v) is 5.69. The molecule has 0 amide bonds. The second kappa shape index (κ2) is 19.2. The Morgan fingerprint density at radius 3 is 2.28 bits per heavy atom. The number of hydrogen-bond acceptors (Lipinski definition) is 14. The van der Waals surface area contributed by atoms with Crippen LogP contribution in [-0.4, -0.2) is 94.7 Å². The Morgan fingerprint density at radius 2 is 1.72 bits per heavy atom. The number of esters is 1. The van der Waals surface area contributed by atoms with Crippen molar-refractivity contribution in [3.63, 3.8) is 0 Å². The Bertz CT molecular complexity index is 1700. The van der Waals surface area contributed by atoms with Gasteiger partial charge in [0.05, 0.1) is 25.8 Å². The zero-order valence-electron chi connectivity index (χ0n) is 26.3. The normalized spacial score (nSPS) is 17.0. The average molecular weight is 767 g/mol. The monoisotopic (exact) mass is 766 g/mol. The number of para-hydroxylation sites is 1. The number of carbonyl (C=O) groups is 4. The summed E-state index contributed by atoms with van der Waals surface area (Å²) in [5, 5.41) is 36.5. The van der Waals surface area contributed by atoms with Crippen LogP contribution in [0.1, 0.15) is 32.9 Å². The molecule has 50 heavy (non-hydrogen) atoms. The van der Waals surface area contributed by atoms with Crippen molar-refractivity contribution in [3.05, 3.63) is 54.9 Å². The Hall–Kier alpha value is -4.31. The highest BCUT2D eigenvalue weighted by Crippen LogP contribution is 2.45. The lowest BCUT2D eigenvalue weighted by atomic mass is 9.96. The van der Waals surface area contributed by atoms with E-state index >= 15 is 0 Å². The van der Waals surface area contributed by atoms with Gasteiger partial charge in [-0.15, -0.1) is 0 Å². The number of benzene rings is 1. The lowest BCUT2D eigenvalue weighted by Crippen LogP contribution is -2.42. The minimum absolute atomic E-state index is 0. The molecule has 23 heteroatoms. The second-order valence-electron chi connectivity index (χ2n) is 9.95. The fourth-order valence-electron chi connectivity index (χ4n) is 4.01. The number of hydrogen-bond donors (Lipinski definition) is 6. The van der Waals surface area contributed by atoms with E-state index in [4.69, 9.17) is 44.9 Å². The summed E-state index contributed by atoms with van der Waals surface area (Å²) >= 11 is 0. The highest BCUT2D eigenvalue weighted by molar-refractivity contribution is 7.59. The van der Waals surface area contributed by atoms with Crippen molar-refractivity contribution in [1.82, 2.24) is 24.6 Å². The second-order valence-corrected chi connectivity index (χ2v) is 12.0. The van der Waals surface area contributed by atoms with Gasteiger partial charge in [-0.2, -0.15) is 27.0 Å². The maximum atomic E-state index is 14.8. The number of nitrogens with zero attached hydrogens (tertiary/aromatic N) is 4. The van der Waals surface area contributed by atoms with E-state index in [9.17, 15) is 28.1 Å². The van der Waals surface area contributed by atoms with E-state index in [1.807, 2.05) is 0 Å². The summed E-state index contributed by atoms with van der Waals surface area (Å²) in [6.07, 6.45) is -1.61. The first kappa shape index (κ1) is 43.7. The predicted octanol–water partition coefficient (Wildman–Crippen LogP) is 1.88. The number of aliphatic hydroxyl groups is 1. The maximum absolute atomic E-state index is 14.8. The van der Waals surface area contributed by atoms with Gasteiger partial charge in [-0.05, 0) is 26.0 Å². The van der Waals surface area contributed by atoms with Crippen LogP contribution in [0, 0.1) is 0 Å². The van der Waals surface area contributed by atoms with Crippen LogP contribution in [0.4, 0.5) is 10.2 Å². The van der Waals surface area contributed by atoms with E-state index in [1.165, 1.54) is 24.1 Å². The van der Waals surface area contributed by atoms with Gasteiger partial charge in [-0.25, -0.2) is 29.2 Å². The molecule has 4 rings (SSSR count). The Kier molecular flexibility index (Phi) is 16.8. The van der Waals surface area contributed by atoms with E-state index in [0.29, 0.717) is 5.52 Å². The molecule has 0 unspecified atom stereocenters. The number of rotatable bonds is 15. The molecule has 3 aromatic rings. The van der Waals surface area contributed by atoms with E-state index in [-0.39, 0.29) is 50.8 Å². The molecule has 1 aromatic carbocycles. The van der Waals surface area contributed by atoms with Crippen molar-refractivity contribution in [2.45, 2.75) is 50.8 Å². The number of carboxylic acid groups (broad SMARTS) is 3. The number of halogens is 1. The van der Waals surface area contributed by atoms with Crippen molar-refractivity contribution < 1.29 is 67.3 Å². The molecule has 0 aliphatic carbocycles. The summed E-state index contributed by atoms with van der Waals surface area (Å²) in [4.78, 5) is 54.6. The van der Waals surface area contributed by atoms with Crippen LogP contribution in [-0.2, 0) is 38.0 Å². The van der Waals surface area contributed by atoms with Crippen LogP contribution in [0.3, 0.4) is 0 Å². The van der Waals surface area contributed by atoms with Gasteiger partial charge in [0.25, 0.3) is 0 Å². The molecule has 3 heterocycles. The first-order valence-electron chi connectivity index (χ1n) is 13.8. The van der Waals surface area contributed by atoms with Crippen LogP contribution in [0.5, 0.6) is 5.75 Å². The molecule has 2 aromatic heterocycles. The molecule has 19 nitrogen and oxygen atoms in total. The Labute approximate surface area is 297 Å². The summed E-state index contributed by atoms with van der Waals surface area (Å²) in [5.74, 6) is -5.87. The van der Waals surface area contributed by atoms with E-state index in [0.717, 1.165) is 6.08 Å². The van der Waals surface area contributed by atoms with Gasteiger partial charge in [-0.3, -0.25) is 23.5 Å². The smallest absolute Gasteiger partial charge is 0.342 e. The van der Waals surface area contributed by atoms with Gasteiger partial charge >= 0.3 is 31.4 Å². The predicted molar refractivity (Wildman–Crippen MR) is 181 cm³/mol. The molecule has 1 aliphatic rings. The SMILES string of the molecule is CCOC(=O)[C@H](C)N[P@](=O)(CO[C@@H]1C=C(F)[C@H](n2cnc3c(N)ncnc32)O1)Oc1ccccc1.O=C(O)CC(O)(CC(=O)O)C(=O)O.S.S. The molecule has 0 radical (unpaired) electrons. The Balaban J connectivity index is 0.000000714. The summed E-state index contributed by atoms with van der Waals surface area (Å²) in [5.41, 5.74) is 3.62.